The lowest BCUT2D eigenvalue weighted by Crippen LogP contribution is -2.29. The predicted octanol–water partition coefficient (Wildman–Crippen LogP) is 0.508. The van der Waals surface area contributed by atoms with Gasteiger partial charge in [0.15, 0.2) is 0 Å². The lowest BCUT2D eigenvalue weighted by Gasteiger charge is -2.14. The summed E-state index contributed by atoms with van der Waals surface area (Å²) in [6.45, 7) is 0.326. The molecule has 7 heavy (non-hydrogen) atoms. The molecule has 1 saturated heterocycles. The Kier molecular flexibility index (Phi) is 1.90. The second-order valence-corrected chi connectivity index (χ2v) is 1.94. The Morgan fingerprint density at radius 3 is 3.00 bits per heavy atom. The molecule has 1 rings (SSSR count). The van der Waals surface area contributed by atoms with Gasteiger partial charge in [0, 0.05) is 12.0 Å². The van der Waals surface area contributed by atoms with Gasteiger partial charge < -0.3 is 5.32 Å². The van der Waals surface area contributed by atoms with Crippen molar-refractivity contribution < 1.29 is 8.57 Å². The molecule has 0 bridgehead atoms. The van der Waals surface area contributed by atoms with E-state index < -0.39 is 6.36 Å². The molecular weight excluding hydrogens is 117 g/mol. The second kappa shape index (κ2) is 2.49. The zero-order valence-corrected chi connectivity index (χ0v) is 4.50. The van der Waals surface area contributed by atoms with Crippen LogP contribution in [0.15, 0.2) is 0 Å². The first-order chi connectivity index (χ1) is 3.39. The molecule has 1 aliphatic heterocycles. The molecule has 1 fully saturated rings. The standard InChI is InChI=1S/C3H6FNOS/c4-3-1-5-2-7-6-3/h3,5H,1-2H2. The Bertz CT molecular complexity index is 56.9. The molecule has 0 aliphatic carbocycles. The van der Waals surface area contributed by atoms with Crippen LogP contribution in [0, 0.1) is 0 Å². The third kappa shape index (κ3) is 1.63. The number of alkyl halides is 1. The summed E-state index contributed by atoms with van der Waals surface area (Å²) in [4.78, 5) is 0. The zero-order valence-electron chi connectivity index (χ0n) is 3.69. The minimum atomic E-state index is -1.11. The summed E-state index contributed by atoms with van der Waals surface area (Å²) in [7, 11) is 0. The van der Waals surface area contributed by atoms with Crippen molar-refractivity contribution in [2.75, 3.05) is 12.4 Å². The molecule has 1 unspecified atom stereocenters. The van der Waals surface area contributed by atoms with Crippen LogP contribution in [0.3, 0.4) is 0 Å². The van der Waals surface area contributed by atoms with Crippen LogP contribution < -0.4 is 5.32 Å². The second-order valence-electron chi connectivity index (χ2n) is 1.22. The van der Waals surface area contributed by atoms with Crippen molar-refractivity contribution >= 4 is 12.0 Å². The molecule has 0 aromatic heterocycles. The summed E-state index contributed by atoms with van der Waals surface area (Å²) in [5, 5.41) is 2.80. The van der Waals surface area contributed by atoms with E-state index in [0.29, 0.717) is 12.4 Å². The number of hydrogen-bond acceptors (Lipinski definition) is 3. The van der Waals surface area contributed by atoms with Gasteiger partial charge in [0.2, 0.25) is 6.36 Å². The van der Waals surface area contributed by atoms with Crippen molar-refractivity contribution in [3.05, 3.63) is 0 Å². The highest BCUT2D eigenvalue weighted by molar-refractivity contribution is 7.94. The summed E-state index contributed by atoms with van der Waals surface area (Å²) in [5.41, 5.74) is 0. The van der Waals surface area contributed by atoms with E-state index in [1.807, 2.05) is 0 Å². The van der Waals surface area contributed by atoms with E-state index in [1.54, 1.807) is 0 Å². The normalized spacial score (nSPS) is 33.0. The molecule has 0 aromatic rings. The van der Waals surface area contributed by atoms with Gasteiger partial charge in [-0.2, -0.15) is 0 Å². The van der Waals surface area contributed by atoms with Crippen LogP contribution in [-0.4, -0.2) is 18.8 Å². The zero-order chi connectivity index (χ0) is 5.11. The fourth-order valence-corrected chi connectivity index (χ4v) is 0.841. The molecule has 1 heterocycles. The first kappa shape index (κ1) is 5.34. The smallest absolute Gasteiger partial charge is 0.223 e. The third-order valence-electron chi connectivity index (χ3n) is 0.638. The summed E-state index contributed by atoms with van der Waals surface area (Å²) in [5.74, 6) is 0.695. The van der Waals surface area contributed by atoms with Gasteiger partial charge in [0.1, 0.15) is 0 Å². The van der Waals surface area contributed by atoms with Crippen LogP contribution in [-0.2, 0) is 4.18 Å². The van der Waals surface area contributed by atoms with E-state index in [0.717, 1.165) is 12.0 Å². The van der Waals surface area contributed by atoms with Gasteiger partial charge in [0.05, 0.1) is 12.4 Å². The van der Waals surface area contributed by atoms with E-state index in [4.69, 9.17) is 0 Å². The lowest BCUT2D eigenvalue weighted by molar-refractivity contribution is 0.0824. The molecule has 0 aromatic carbocycles. The van der Waals surface area contributed by atoms with E-state index >= 15 is 0 Å². The minimum absolute atomic E-state index is 0.326. The van der Waals surface area contributed by atoms with Gasteiger partial charge in [-0.05, 0) is 0 Å². The molecule has 1 aliphatic rings. The maximum Gasteiger partial charge on any atom is 0.223 e. The van der Waals surface area contributed by atoms with E-state index in [2.05, 4.69) is 9.50 Å². The fraction of sp³-hybridized carbons (Fsp3) is 1.00. The van der Waals surface area contributed by atoms with Crippen LogP contribution >= 0.6 is 12.0 Å². The SMILES string of the molecule is FC1CNCSO1. The van der Waals surface area contributed by atoms with Crippen LogP contribution in [0.25, 0.3) is 0 Å². The summed E-state index contributed by atoms with van der Waals surface area (Å²) in [6.07, 6.45) is -1.11. The molecule has 0 spiro atoms. The quantitative estimate of drug-likeness (QED) is 0.474. The molecule has 4 heteroatoms. The first-order valence-corrected chi connectivity index (χ1v) is 2.94. The number of hydrogen-bond donors (Lipinski definition) is 1. The van der Waals surface area contributed by atoms with Crippen molar-refractivity contribution in [1.82, 2.24) is 5.32 Å². The van der Waals surface area contributed by atoms with Crippen LogP contribution in [0.2, 0.25) is 0 Å². The van der Waals surface area contributed by atoms with Crippen molar-refractivity contribution in [3.63, 3.8) is 0 Å². The fourth-order valence-electron chi connectivity index (χ4n) is 0.356. The highest BCUT2D eigenvalue weighted by atomic mass is 32.2. The van der Waals surface area contributed by atoms with Crippen molar-refractivity contribution in [2.24, 2.45) is 0 Å². The van der Waals surface area contributed by atoms with Crippen molar-refractivity contribution in [2.45, 2.75) is 6.36 Å². The average molecular weight is 123 g/mol. The Hall–Kier alpha value is 0.200. The maximum absolute atomic E-state index is 11.9. The van der Waals surface area contributed by atoms with Gasteiger partial charge in [-0.15, -0.1) is 0 Å². The Labute approximate surface area is 45.6 Å². The predicted molar refractivity (Wildman–Crippen MR) is 26.4 cm³/mol. The molecule has 42 valence electrons. The molecule has 2 nitrogen and oxygen atoms in total. The third-order valence-corrected chi connectivity index (χ3v) is 1.31. The summed E-state index contributed by atoms with van der Waals surface area (Å²) in [6, 6.07) is 0. The minimum Gasteiger partial charge on any atom is -0.301 e. The number of nitrogens with one attached hydrogen (secondary N) is 1. The summed E-state index contributed by atoms with van der Waals surface area (Å²) < 4.78 is 16.3. The van der Waals surface area contributed by atoms with Crippen molar-refractivity contribution in [3.8, 4) is 0 Å². The molecule has 1 N–H and O–H groups in total. The highest BCUT2D eigenvalue weighted by Crippen LogP contribution is 2.10. The van der Waals surface area contributed by atoms with Crippen LogP contribution in [0.4, 0.5) is 4.39 Å². The van der Waals surface area contributed by atoms with Gasteiger partial charge in [-0.25, -0.2) is 4.39 Å². The Morgan fingerprint density at radius 1 is 1.86 bits per heavy atom. The van der Waals surface area contributed by atoms with Crippen LogP contribution in [0.5, 0.6) is 0 Å². The van der Waals surface area contributed by atoms with Gasteiger partial charge in [-0.3, -0.25) is 4.18 Å². The molecule has 0 amide bonds. The Balaban J connectivity index is 2.12. The van der Waals surface area contributed by atoms with E-state index in [-0.39, 0.29) is 0 Å². The molecule has 1 atom stereocenters. The van der Waals surface area contributed by atoms with E-state index in [9.17, 15) is 4.39 Å². The topological polar surface area (TPSA) is 21.3 Å². The van der Waals surface area contributed by atoms with Gasteiger partial charge in [0.25, 0.3) is 0 Å². The van der Waals surface area contributed by atoms with Crippen molar-refractivity contribution in [1.29, 1.82) is 0 Å². The van der Waals surface area contributed by atoms with Gasteiger partial charge in [-0.1, -0.05) is 0 Å². The monoisotopic (exact) mass is 123 g/mol. The maximum atomic E-state index is 11.9. The first-order valence-electron chi connectivity index (χ1n) is 2.02. The highest BCUT2D eigenvalue weighted by Gasteiger charge is 2.10. The summed E-state index contributed by atoms with van der Waals surface area (Å²) >= 11 is 1.12. The van der Waals surface area contributed by atoms with Gasteiger partial charge >= 0.3 is 0 Å². The van der Waals surface area contributed by atoms with E-state index in [1.165, 1.54) is 0 Å². The lowest BCUT2D eigenvalue weighted by atomic mass is 10.7. The number of rotatable bonds is 0. The molecular formula is C3H6FNOS. The molecule has 0 saturated carbocycles. The molecule has 0 radical (unpaired) electrons. The average Bonchev–Trinajstić information content (AvgIpc) is 1.69. The van der Waals surface area contributed by atoms with Crippen LogP contribution in [0.1, 0.15) is 0 Å². The number of halogens is 1. The largest absolute Gasteiger partial charge is 0.301 e. The Morgan fingerprint density at radius 2 is 2.71 bits per heavy atom.